The standard InChI is InChI=1S/C25H31F3N2OS.C6H12N2O.C6H12/c26-25(27,28)22-8-6-20(7-9-22)18-29-14-16-30(17-15-29)32-24-12-10-23(11-13-24)31-19-21-4-2-1-3-5-21;7-6-1-3-8(5-9)4-2-6;1-2-4-6-5-3-1/h6-13,21H,1-5,14-19H2;5-6H,1-4,7H2;1-6H2. The maximum atomic E-state index is 12.7. The van der Waals surface area contributed by atoms with E-state index >= 15 is 0 Å². The summed E-state index contributed by atoms with van der Waals surface area (Å²) in [4.78, 5) is 15.4. The SMILES string of the molecule is C1CCCCC1.FC(F)(F)c1ccc(CN2CCN(Sc3ccc(OCC4CCCCC4)cc3)CC2)cc1.NC1CCN(C=O)CC1. The molecule has 6 rings (SSSR count). The molecule has 6 nitrogen and oxygen atoms in total. The second-order valence-corrected chi connectivity index (χ2v) is 14.5. The van der Waals surface area contributed by atoms with Crippen LogP contribution in [0.3, 0.4) is 0 Å². The Labute approximate surface area is 284 Å². The number of carbonyl (C=O) groups is 1. The Kier molecular flexibility index (Phi) is 16.2. The van der Waals surface area contributed by atoms with Crippen molar-refractivity contribution in [2.75, 3.05) is 45.9 Å². The van der Waals surface area contributed by atoms with Crippen LogP contribution in [-0.2, 0) is 17.5 Å². The van der Waals surface area contributed by atoms with Gasteiger partial charge in [-0.25, -0.2) is 4.31 Å². The highest BCUT2D eigenvalue weighted by molar-refractivity contribution is 7.97. The van der Waals surface area contributed by atoms with E-state index < -0.39 is 11.7 Å². The third kappa shape index (κ3) is 14.4. The Balaban J connectivity index is 0.000000272. The van der Waals surface area contributed by atoms with Gasteiger partial charge in [0.15, 0.2) is 0 Å². The summed E-state index contributed by atoms with van der Waals surface area (Å²) < 4.78 is 46.5. The Morgan fingerprint density at radius 1 is 0.745 bits per heavy atom. The minimum Gasteiger partial charge on any atom is -0.493 e. The van der Waals surface area contributed by atoms with Crippen molar-refractivity contribution in [2.24, 2.45) is 11.7 Å². The summed E-state index contributed by atoms with van der Waals surface area (Å²) in [5.74, 6) is 1.65. The molecule has 4 fully saturated rings. The van der Waals surface area contributed by atoms with E-state index in [9.17, 15) is 18.0 Å². The lowest BCUT2D eigenvalue weighted by molar-refractivity contribution is -0.137. The van der Waals surface area contributed by atoms with Crippen LogP contribution in [0.25, 0.3) is 0 Å². The van der Waals surface area contributed by atoms with Crippen LogP contribution in [0.5, 0.6) is 5.75 Å². The smallest absolute Gasteiger partial charge is 0.416 e. The Bertz CT molecular complexity index is 1110. The van der Waals surface area contributed by atoms with Gasteiger partial charge in [0.2, 0.25) is 6.41 Å². The largest absolute Gasteiger partial charge is 0.493 e. The monoisotopic (exact) mass is 676 g/mol. The maximum Gasteiger partial charge on any atom is 0.416 e. The number of likely N-dealkylation sites (tertiary alicyclic amines) is 1. The fourth-order valence-corrected chi connectivity index (χ4v) is 7.34. The van der Waals surface area contributed by atoms with Gasteiger partial charge in [-0.05, 0) is 85.5 Å². The summed E-state index contributed by atoms with van der Waals surface area (Å²) >= 11 is 1.76. The van der Waals surface area contributed by atoms with Gasteiger partial charge in [-0.3, -0.25) is 9.69 Å². The van der Waals surface area contributed by atoms with Crippen molar-refractivity contribution in [3.05, 3.63) is 59.7 Å². The molecule has 4 aliphatic rings. The molecule has 47 heavy (non-hydrogen) atoms. The van der Waals surface area contributed by atoms with Crippen LogP contribution in [0, 0.1) is 5.92 Å². The maximum absolute atomic E-state index is 12.7. The van der Waals surface area contributed by atoms with Crippen LogP contribution in [0.1, 0.15) is 94.6 Å². The Morgan fingerprint density at radius 3 is 1.83 bits per heavy atom. The molecule has 10 heteroatoms. The number of alkyl halides is 3. The predicted octanol–water partition coefficient (Wildman–Crippen LogP) is 8.40. The van der Waals surface area contributed by atoms with Crippen molar-refractivity contribution in [2.45, 2.75) is 107 Å². The quantitative estimate of drug-likeness (QED) is 0.224. The zero-order valence-corrected chi connectivity index (χ0v) is 28.8. The molecule has 0 aromatic heterocycles. The number of hydrogen-bond donors (Lipinski definition) is 1. The number of nitrogens with two attached hydrogens (primary N) is 1. The van der Waals surface area contributed by atoms with Crippen LogP contribution in [0.2, 0.25) is 0 Å². The molecule has 2 saturated carbocycles. The Morgan fingerprint density at radius 2 is 1.30 bits per heavy atom. The minimum absolute atomic E-state index is 0.321. The van der Waals surface area contributed by atoms with E-state index in [-0.39, 0.29) is 0 Å². The number of ether oxygens (including phenoxy) is 1. The first-order valence-electron chi connectivity index (χ1n) is 17.8. The second kappa shape index (κ2) is 20.3. The molecule has 2 heterocycles. The van der Waals surface area contributed by atoms with Crippen LogP contribution < -0.4 is 10.5 Å². The number of piperidine rings is 1. The minimum atomic E-state index is -4.28. The highest BCUT2D eigenvalue weighted by Crippen LogP contribution is 2.30. The first-order chi connectivity index (χ1) is 22.8. The topological polar surface area (TPSA) is 62.0 Å². The van der Waals surface area contributed by atoms with Crippen molar-refractivity contribution >= 4 is 18.4 Å². The van der Waals surface area contributed by atoms with Gasteiger partial charge in [-0.2, -0.15) is 13.2 Å². The summed E-state index contributed by atoms with van der Waals surface area (Å²) in [6.45, 7) is 6.83. The molecule has 0 unspecified atom stereocenters. The molecule has 2 aliphatic heterocycles. The number of amides is 1. The van der Waals surface area contributed by atoms with Crippen LogP contribution in [0.4, 0.5) is 13.2 Å². The van der Waals surface area contributed by atoms with E-state index in [1.807, 2.05) is 0 Å². The molecule has 2 aliphatic carbocycles. The number of rotatable bonds is 8. The third-order valence-electron chi connectivity index (χ3n) is 9.51. The van der Waals surface area contributed by atoms with Crippen molar-refractivity contribution in [1.29, 1.82) is 0 Å². The van der Waals surface area contributed by atoms with E-state index in [2.05, 4.69) is 33.5 Å². The highest BCUT2D eigenvalue weighted by Gasteiger charge is 2.30. The molecule has 0 bridgehead atoms. The van der Waals surface area contributed by atoms with Crippen LogP contribution in [0.15, 0.2) is 53.4 Å². The number of piperazine rings is 1. The van der Waals surface area contributed by atoms with Crippen molar-refractivity contribution < 1.29 is 22.7 Å². The molecule has 2 aromatic carbocycles. The van der Waals surface area contributed by atoms with Gasteiger partial charge in [0.25, 0.3) is 0 Å². The zero-order chi connectivity index (χ0) is 33.3. The summed E-state index contributed by atoms with van der Waals surface area (Å²) in [5, 5.41) is 0. The predicted molar refractivity (Wildman–Crippen MR) is 185 cm³/mol. The number of benzene rings is 2. The fourth-order valence-electron chi connectivity index (χ4n) is 6.44. The number of halogens is 3. The lowest BCUT2D eigenvalue weighted by atomic mass is 9.90. The molecule has 1 amide bonds. The average Bonchev–Trinajstić information content (AvgIpc) is 3.11. The van der Waals surface area contributed by atoms with E-state index in [0.717, 1.165) is 76.4 Å². The molecule has 0 spiro atoms. The van der Waals surface area contributed by atoms with Gasteiger partial charge in [-0.1, -0.05) is 69.9 Å². The first-order valence-corrected chi connectivity index (χ1v) is 18.5. The Hall–Kier alpha value is -2.27. The van der Waals surface area contributed by atoms with E-state index in [1.54, 1.807) is 29.0 Å². The van der Waals surface area contributed by atoms with Crippen LogP contribution in [-0.4, -0.2) is 72.4 Å². The van der Waals surface area contributed by atoms with Crippen LogP contribution >= 0.6 is 11.9 Å². The van der Waals surface area contributed by atoms with Crippen molar-refractivity contribution in [3.8, 4) is 5.75 Å². The summed E-state index contributed by atoms with van der Waals surface area (Å²) in [5.41, 5.74) is 5.94. The first kappa shape index (κ1) is 37.5. The molecular weight excluding hydrogens is 621 g/mol. The van der Waals surface area contributed by atoms with Crippen molar-refractivity contribution in [3.63, 3.8) is 0 Å². The number of hydrogen-bond acceptors (Lipinski definition) is 6. The second-order valence-electron chi connectivity index (χ2n) is 13.4. The zero-order valence-electron chi connectivity index (χ0n) is 28.0. The molecule has 0 atom stereocenters. The van der Waals surface area contributed by atoms with Gasteiger partial charge < -0.3 is 15.4 Å². The normalized spacial score (nSPS) is 20.4. The van der Waals surface area contributed by atoms with Gasteiger partial charge in [0.1, 0.15) is 5.75 Å². The lowest BCUT2D eigenvalue weighted by Crippen LogP contribution is -2.42. The summed E-state index contributed by atoms with van der Waals surface area (Å²) in [6, 6.07) is 14.2. The van der Waals surface area contributed by atoms with E-state index in [0.29, 0.717) is 18.5 Å². The number of nitrogens with zero attached hydrogens (tertiary/aromatic N) is 3. The van der Waals surface area contributed by atoms with Gasteiger partial charge in [-0.15, -0.1) is 0 Å². The van der Waals surface area contributed by atoms with Gasteiger partial charge in [0, 0.05) is 56.8 Å². The van der Waals surface area contributed by atoms with Gasteiger partial charge in [0.05, 0.1) is 12.2 Å². The molecule has 0 radical (unpaired) electrons. The van der Waals surface area contributed by atoms with E-state index in [4.69, 9.17) is 10.5 Å². The van der Waals surface area contributed by atoms with Crippen molar-refractivity contribution in [1.82, 2.24) is 14.1 Å². The third-order valence-corrected chi connectivity index (χ3v) is 10.6. The molecule has 2 saturated heterocycles. The van der Waals surface area contributed by atoms with Gasteiger partial charge >= 0.3 is 6.18 Å². The highest BCUT2D eigenvalue weighted by atomic mass is 32.2. The lowest BCUT2D eigenvalue weighted by Gasteiger charge is -2.33. The van der Waals surface area contributed by atoms with E-state index in [1.165, 1.54) is 87.7 Å². The molecule has 2 aromatic rings. The molecule has 2 N–H and O–H groups in total. The fraction of sp³-hybridized carbons (Fsp3) is 0.649. The molecule has 262 valence electrons. The average molecular weight is 677 g/mol. The number of carbonyl (C=O) groups excluding carboxylic acids is 1. The molecular formula is C37H55F3N4O2S. The summed E-state index contributed by atoms with van der Waals surface area (Å²) in [6.07, 6.45) is 14.1. The summed E-state index contributed by atoms with van der Waals surface area (Å²) in [7, 11) is 0.